The van der Waals surface area contributed by atoms with Crippen molar-refractivity contribution in [3.63, 3.8) is 0 Å². The fourth-order valence-electron chi connectivity index (χ4n) is 4.12. The van der Waals surface area contributed by atoms with E-state index < -0.39 is 24.2 Å². The molecular weight excluding hydrogens is 489 g/mol. The van der Waals surface area contributed by atoms with E-state index in [1.54, 1.807) is 0 Å². The number of thiocarbonyl (C=S) groups is 1. The Balaban J connectivity index is 1.46. The van der Waals surface area contributed by atoms with Gasteiger partial charge in [0.05, 0.1) is 12.1 Å². The van der Waals surface area contributed by atoms with Crippen LogP contribution >= 0.6 is 12.2 Å². The number of anilines is 1. The van der Waals surface area contributed by atoms with Crippen molar-refractivity contribution in [2.24, 2.45) is 0 Å². The molecule has 190 valence electrons. The molecule has 4 N–H and O–H groups in total. The summed E-state index contributed by atoms with van der Waals surface area (Å²) in [5, 5.41) is 10.3. The molecule has 1 amide bonds. The van der Waals surface area contributed by atoms with E-state index in [2.05, 4.69) is 26.6 Å². The number of hydrogen-bond donors (Lipinski definition) is 4. The van der Waals surface area contributed by atoms with E-state index in [9.17, 15) is 18.0 Å². The number of hydrogen-bond acceptors (Lipinski definition) is 4. The smallest absolute Gasteiger partial charge is 0.363 e. The van der Waals surface area contributed by atoms with Crippen LogP contribution in [0.15, 0.2) is 54.6 Å². The first-order valence-electron chi connectivity index (χ1n) is 11.4. The van der Waals surface area contributed by atoms with Crippen molar-refractivity contribution < 1.29 is 18.0 Å². The van der Waals surface area contributed by atoms with Crippen molar-refractivity contribution in [2.45, 2.75) is 51.5 Å². The van der Waals surface area contributed by atoms with Gasteiger partial charge >= 0.3 is 6.18 Å². The Bertz CT molecular complexity index is 1260. The van der Waals surface area contributed by atoms with Crippen molar-refractivity contribution in [1.29, 1.82) is 0 Å². The van der Waals surface area contributed by atoms with Crippen molar-refractivity contribution in [2.75, 3.05) is 5.32 Å². The monoisotopic (exact) mass is 516 g/mol. The predicted octanol–water partition coefficient (Wildman–Crippen LogP) is 5.03. The van der Waals surface area contributed by atoms with Crippen LogP contribution in [0.1, 0.15) is 64.2 Å². The zero-order valence-corrected chi connectivity index (χ0v) is 20.8. The molecule has 0 spiro atoms. The van der Waals surface area contributed by atoms with Gasteiger partial charge in [-0.3, -0.25) is 15.6 Å². The van der Waals surface area contributed by atoms with Crippen LogP contribution in [0.3, 0.4) is 0 Å². The Morgan fingerprint density at radius 2 is 1.83 bits per heavy atom. The van der Waals surface area contributed by atoms with E-state index in [-0.39, 0.29) is 29.1 Å². The third-order valence-corrected chi connectivity index (χ3v) is 6.51. The quantitative estimate of drug-likeness (QED) is 0.288. The Hall–Kier alpha value is -3.60. The second-order valence-electron chi connectivity index (χ2n) is 8.88. The standard InChI is InChI=1S/C25H27F3N6OS/c1-14-9-10-18(11-15(14)2)19-12-21(25(26,27)28)34-22(30-19)13-20(33-34)23(35)31-32-24(36)29-16(3)17-7-5-4-6-8-17/h4-11,13,16,19,21,30H,12H2,1-3H3,(H,31,35)(H2,29,32,36)/t16-,19-,21+/m0/s1. The number of nitrogens with one attached hydrogen (secondary N) is 4. The number of benzene rings is 2. The third kappa shape index (κ3) is 5.62. The maximum atomic E-state index is 14.0. The Kier molecular flexibility index (Phi) is 7.21. The molecule has 2 heterocycles. The number of carbonyl (C=O) groups excluding carboxylic acids is 1. The van der Waals surface area contributed by atoms with Gasteiger partial charge in [0.2, 0.25) is 0 Å². The normalized spacial score (nSPS) is 17.9. The van der Waals surface area contributed by atoms with Gasteiger partial charge in [0.1, 0.15) is 5.82 Å². The zero-order valence-electron chi connectivity index (χ0n) is 20.0. The lowest BCUT2D eigenvalue weighted by molar-refractivity contribution is -0.173. The number of nitrogens with zero attached hydrogens (tertiary/aromatic N) is 2. The first kappa shape index (κ1) is 25.5. The highest BCUT2D eigenvalue weighted by Crippen LogP contribution is 2.43. The largest absolute Gasteiger partial charge is 0.410 e. The Morgan fingerprint density at radius 1 is 1.11 bits per heavy atom. The summed E-state index contributed by atoms with van der Waals surface area (Å²) in [5.74, 6) is -0.589. The third-order valence-electron chi connectivity index (χ3n) is 6.29. The van der Waals surface area contributed by atoms with Crippen LogP contribution in [0.2, 0.25) is 0 Å². The number of carbonyl (C=O) groups is 1. The van der Waals surface area contributed by atoms with E-state index >= 15 is 0 Å². The van der Waals surface area contributed by atoms with Gasteiger partial charge in [0, 0.05) is 12.5 Å². The summed E-state index contributed by atoms with van der Waals surface area (Å²) < 4.78 is 42.7. The molecule has 11 heteroatoms. The summed E-state index contributed by atoms with van der Waals surface area (Å²) in [6.45, 7) is 5.77. The molecule has 36 heavy (non-hydrogen) atoms. The summed E-state index contributed by atoms with van der Waals surface area (Å²) in [7, 11) is 0. The highest BCUT2D eigenvalue weighted by Gasteiger charge is 2.46. The minimum absolute atomic E-state index is 0.121. The van der Waals surface area contributed by atoms with E-state index in [0.717, 1.165) is 26.9 Å². The fraction of sp³-hybridized carbons (Fsp3) is 0.320. The van der Waals surface area contributed by atoms with Crippen LogP contribution in [0.25, 0.3) is 0 Å². The molecule has 4 rings (SSSR count). The maximum Gasteiger partial charge on any atom is 0.410 e. The topological polar surface area (TPSA) is 83.0 Å². The minimum atomic E-state index is -4.54. The molecule has 2 aromatic carbocycles. The number of halogens is 3. The lowest BCUT2D eigenvalue weighted by Gasteiger charge is -2.33. The minimum Gasteiger partial charge on any atom is -0.363 e. The van der Waals surface area contributed by atoms with Gasteiger partial charge in [-0.1, -0.05) is 48.5 Å². The molecule has 0 saturated heterocycles. The Labute approximate surface area is 212 Å². The second-order valence-corrected chi connectivity index (χ2v) is 9.29. The first-order valence-corrected chi connectivity index (χ1v) is 11.9. The predicted molar refractivity (Wildman–Crippen MR) is 135 cm³/mol. The van der Waals surface area contributed by atoms with Crippen LogP contribution in [-0.2, 0) is 0 Å². The molecule has 1 aromatic heterocycles. The summed E-state index contributed by atoms with van der Waals surface area (Å²) in [6.07, 6.45) is -4.78. The summed E-state index contributed by atoms with van der Waals surface area (Å²) in [5.41, 5.74) is 8.61. The lowest BCUT2D eigenvalue weighted by Crippen LogP contribution is -2.47. The van der Waals surface area contributed by atoms with Gasteiger partial charge < -0.3 is 10.6 Å². The van der Waals surface area contributed by atoms with Crippen LogP contribution in [0.4, 0.5) is 19.0 Å². The molecule has 1 aliphatic rings. The van der Waals surface area contributed by atoms with Gasteiger partial charge in [-0.2, -0.15) is 18.3 Å². The summed E-state index contributed by atoms with van der Waals surface area (Å²) in [6, 6.07) is 13.9. The summed E-state index contributed by atoms with van der Waals surface area (Å²) in [4.78, 5) is 12.7. The zero-order chi connectivity index (χ0) is 26.0. The van der Waals surface area contributed by atoms with Gasteiger partial charge in [-0.15, -0.1) is 0 Å². The van der Waals surface area contributed by atoms with E-state index in [0.29, 0.717) is 0 Å². The number of hydrazine groups is 1. The Morgan fingerprint density at radius 3 is 2.50 bits per heavy atom. The van der Waals surface area contributed by atoms with Gasteiger partial charge in [-0.25, -0.2) is 4.68 Å². The van der Waals surface area contributed by atoms with Crippen molar-refractivity contribution >= 4 is 29.1 Å². The van der Waals surface area contributed by atoms with E-state index in [4.69, 9.17) is 12.2 Å². The SMILES string of the molecule is Cc1ccc([C@@H]2C[C@H](C(F)(F)F)n3nc(C(=O)NNC(=S)N[C@@H](C)c4ccccc4)cc3N2)cc1C. The molecule has 3 atom stereocenters. The highest BCUT2D eigenvalue weighted by molar-refractivity contribution is 7.80. The maximum absolute atomic E-state index is 14.0. The average molecular weight is 517 g/mol. The van der Waals surface area contributed by atoms with Crippen LogP contribution < -0.4 is 21.5 Å². The first-order chi connectivity index (χ1) is 17.0. The number of rotatable bonds is 4. The molecule has 0 aliphatic carbocycles. The number of alkyl halides is 3. The number of fused-ring (bicyclic) bond motifs is 1. The molecule has 0 bridgehead atoms. The van der Waals surface area contributed by atoms with E-state index in [1.165, 1.54) is 6.07 Å². The second kappa shape index (κ2) is 10.2. The average Bonchev–Trinajstić information content (AvgIpc) is 3.28. The molecule has 1 aliphatic heterocycles. The van der Waals surface area contributed by atoms with Crippen LogP contribution in [0, 0.1) is 13.8 Å². The summed E-state index contributed by atoms with van der Waals surface area (Å²) >= 11 is 5.22. The lowest BCUT2D eigenvalue weighted by atomic mass is 9.94. The van der Waals surface area contributed by atoms with E-state index in [1.807, 2.05) is 69.3 Å². The molecule has 0 saturated carbocycles. The van der Waals surface area contributed by atoms with Gasteiger partial charge in [-0.05, 0) is 55.2 Å². The molecule has 0 radical (unpaired) electrons. The fourth-order valence-corrected chi connectivity index (χ4v) is 4.35. The molecule has 7 nitrogen and oxygen atoms in total. The number of aryl methyl sites for hydroxylation is 2. The number of amides is 1. The van der Waals surface area contributed by atoms with Gasteiger partial charge in [0.25, 0.3) is 5.91 Å². The molecule has 0 fully saturated rings. The van der Waals surface area contributed by atoms with Gasteiger partial charge in [0.15, 0.2) is 16.8 Å². The molecular formula is C25H27F3N6OS. The number of aromatic nitrogens is 2. The van der Waals surface area contributed by atoms with Crippen LogP contribution in [-0.4, -0.2) is 27.0 Å². The van der Waals surface area contributed by atoms with Crippen molar-refractivity contribution in [3.05, 3.63) is 82.5 Å². The highest BCUT2D eigenvalue weighted by atomic mass is 32.1. The van der Waals surface area contributed by atoms with Crippen LogP contribution in [0.5, 0.6) is 0 Å². The molecule has 3 aromatic rings. The van der Waals surface area contributed by atoms with Crippen molar-refractivity contribution in [3.8, 4) is 0 Å². The van der Waals surface area contributed by atoms with Crippen molar-refractivity contribution in [1.82, 2.24) is 25.9 Å². The molecule has 0 unspecified atom stereocenters.